The Kier molecular flexibility index (Phi) is 2.89. The third-order valence-corrected chi connectivity index (χ3v) is 2.90. The molecule has 3 aromatic rings. The Balaban J connectivity index is 1.87. The van der Waals surface area contributed by atoms with Crippen molar-refractivity contribution in [3.05, 3.63) is 53.1 Å². The van der Waals surface area contributed by atoms with Crippen LogP contribution in [0.3, 0.4) is 0 Å². The number of carbonyl (C=O) groups is 1. The Labute approximate surface area is 113 Å². The second kappa shape index (κ2) is 4.70. The minimum Gasteiger partial charge on any atom is -0.322 e. The summed E-state index contributed by atoms with van der Waals surface area (Å²) in [6, 6.07) is 12.1. The number of H-pyrrole nitrogens is 1. The Morgan fingerprint density at radius 3 is 2.79 bits per heavy atom. The van der Waals surface area contributed by atoms with Gasteiger partial charge in [-0.1, -0.05) is 17.7 Å². The smallest absolute Gasteiger partial charge is 0.255 e. The molecular formula is C13H9ClN4O. The summed E-state index contributed by atoms with van der Waals surface area (Å²) < 4.78 is 0. The monoisotopic (exact) mass is 272 g/mol. The van der Waals surface area contributed by atoms with Crippen molar-refractivity contribution in [2.45, 2.75) is 0 Å². The molecule has 0 aliphatic carbocycles. The van der Waals surface area contributed by atoms with Crippen LogP contribution in [0, 0.1) is 0 Å². The van der Waals surface area contributed by atoms with Crippen molar-refractivity contribution in [1.29, 1.82) is 0 Å². The second-order valence-corrected chi connectivity index (χ2v) is 4.43. The Hall–Kier alpha value is -2.40. The minimum atomic E-state index is -0.216. The molecule has 0 atom stereocenters. The van der Waals surface area contributed by atoms with Crippen molar-refractivity contribution in [3.63, 3.8) is 0 Å². The lowest BCUT2D eigenvalue weighted by Gasteiger charge is -2.05. The molecule has 1 amide bonds. The zero-order valence-corrected chi connectivity index (χ0v) is 10.5. The average molecular weight is 273 g/mol. The molecule has 2 aromatic carbocycles. The number of amides is 1. The molecule has 1 aromatic heterocycles. The van der Waals surface area contributed by atoms with Crippen LogP contribution in [-0.2, 0) is 0 Å². The molecule has 19 heavy (non-hydrogen) atoms. The fourth-order valence-electron chi connectivity index (χ4n) is 1.75. The van der Waals surface area contributed by atoms with Gasteiger partial charge in [0.2, 0.25) is 0 Å². The third-order valence-electron chi connectivity index (χ3n) is 2.66. The molecule has 0 radical (unpaired) electrons. The van der Waals surface area contributed by atoms with E-state index < -0.39 is 0 Å². The summed E-state index contributed by atoms with van der Waals surface area (Å²) in [5.41, 5.74) is 2.54. The molecule has 6 heteroatoms. The summed E-state index contributed by atoms with van der Waals surface area (Å²) in [6.07, 6.45) is 0. The number of fused-ring (bicyclic) bond motifs is 1. The Morgan fingerprint density at radius 1 is 1.11 bits per heavy atom. The highest BCUT2D eigenvalue weighted by Crippen LogP contribution is 2.17. The number of hydrogen-bond donors (Lipinski definition) is 2. The molecule has 0 fully saturated rings. The van der Waals surface area contributed by atoms with E-state index in [1.165, 1.54) is 0 Å². The van der Waals surface area contributed by atoms with Crippen molar-refractivity contribution in [2.75, 3.05) is 5.32 Å². The second-order valence-electron chi connectivity index (χ2n) is 3.99. The summed E-state index contributed by atoms with van der Waals surface area (Å²) in [6.45, 7) is 0. The summed E-state index contributed by atoms with van der Waals surface area (Å²) in [5, 5.41) is 13.7. The lowest BCUT2D eigenvalue weighted by molar-refractivity contribution is 0.102. The van der Waals surface area contributed by atoms with E-state index in [0.717, 1.165) is 5.52 Å². The Morgan fingerprint density at radius 2 is 1.95 bits per heavy atom. The molecule has 2 N–H and O–H groups in total. The number of nitrogens with one attached hydrogen (secondary N) is 2. The van der Waals surface area contributed by atoms with Gasteiger partial charge >= 0.3 is 0 Å². The van der Waals surface area contributed by atoms with Crippen molar-refractivity contribution >= 4 is 34.2 Å². The molecular weight excluding hydrogens is 264 g/mol. The summed E-state index contributed by atoms with van der Waals surface area (Å²) in [5.74, 6) is -0.216. The maximum Gasteiger partial charge on any atom is 0.255 e. The van der Waals surface area contributed by atoms with Crippen molar-refractivity contribution in [3.8, 4) is 0 Å². The molecule has 5 nitrogen and oxygen atoms in total. The van der Waals surface area contributed by atoms with Crippen LogP contribution in [0.5, 0.6) is 0 Å². The summed E-state index contributed by atoms with van der Waals surface area (Å²) in [7, 11) is 0. The van der Waals surface area contributed by atoms with Gasteiger partial charge in [0.1, 0.15) is 11.0 Å². The largest absolute Gasteiger partial charge is 0.322 e. The highest BCUT2D eigenvalue weighted by molar-refractivity contribution is 6.31. The molecule has 94 valence electrons. The topological polar surface area (TPSA) is 70.7 Å². The lowest BCUT2D eigenvalue weighted by atomic mass is 10.2. The van der Waals surface area contributed by atoms with Crippen molar-refractivity contribution in [1.82, 2.24) is 15.4 Å². The van der Waals surface area contributed by atoms with Gasteiger partial charge in [-0.3, -0.25) is 4.79 Å². The van der Waals surface area contributed by atoms with Crippen LogP contribution in [-0.4, -0.2) is 21.3 Å². The van der Waals surface area contributed by atoms with E-state index in [0.29, 0.717) is 21.8 Å². The molecule has 0 bridgehead atoms. The quantitative estimate of drug-likeness (QED) is 0.753. The number of benzene rings is 2. The number of aromatic nitrogens is 3. The maximum absolute atomic E-state index is 12.1. The highest BCUT2D eigenvalue weighted by Gasteiger charge is 2.08. The molecule has 0 aliphatic rings. The van der Waals surface area contributed by atoms with Crippen molar-refractivity contribution < 1.29 is 4.79 Å². The van der Waals surface area contributed by atoms with E-state index in [1.807, 2.05) is 0 Å². The molecule has 0 saturated carbocycles. The summed E-state index contributed by atoms with van der Waals surface area (Å²) >= 11 is 5.86. The number of halogens is 1. The SMILES string of the molecule is O=C(Nc1cccc(Cl)c1)c1ccc2n[nH]nc2c1. The molecule has 3 rings (SSSR count). The molecule has 0 saturated heterocycles. The van der Waals surface area contributed by atoms with Crippen LogP contribution in [0.25, 0.3) is 11.0 Å². The van der Waals surface area contributed by atoms with E-state index in [1.54, 1.807) is 42.5 Å². The first-order valence-corrected chi connectivity index (χ1v) is 5.97. The van der Waals surface area contributed by atoms with Gasteiger partial charge in [0.15, 0.2) is 0 Å². The predicted octanol–water partition coefficient (Wildman–Crippen LogP) is 2.86. The minimum absolute atomic E-state index is 0.216. The fourth-order valence-corrected chi connectivity index (χ4v) is 1.94. The first kappa shape index (κ1) is 11.7. The zero-order valence-electron chi connectivity index (χ0n) is 9.72. The van der Waals surface area contributed by atoms with Gasteiger partial charge in [-0.2, -0.15) is 15.4 Å². The van der Waals surface area contributed by atoms with Crippen LogP contribution in [0.4, 0.5) is 5.69 Å². The normalized spacial score (nSPS) is 10.6. The van der Waals surface area contributed by atoms with Gasteiger partial charge in [-0.05, 0) is 36.4 Å². The van der Waals surface area contributed by atoms with E-state index in [2.05, 4.69) is 20.7 Å². The Bertz CT molecular complexity index is 753. The van der Waals surface area contributed by atoms with Gasteiger partial charge in [-0.25, -0.2) is 0 Å². The third kappa shape index (κ3) is 2.41. The van der Waals surface area contributed by atoms with Crippen LogP contribution in [0.15, 0.2) is 42.5 Å². The standard InChI is InChI=1S/C13H9ClN4O/c14-9-2-1-3-10(7-9)15-13(19)8-4-5-11-12(6-8)17-18-16-11/h1-7H,(H,15,19)(H,16,17,18). The molecule has 0 unspecified atom stereocenters. The molecule has 0 aliphatic heterocycles. The average Bonchev–Trinajstić information content (AvgIpc) is 2.85. The van der Waals surface area contributed by atoms with E-state index in [4.69, 9.17) is 11.6 Å². The fraction of sp³-hybridized carbons (Fsp3) is 0. The van der Waals surface area contributed by atoms with Crippen LogP contribution < -0.4 is 5.32 Å². The maximum atomic E-state index is 12.1. The van der Waals surface area contributed by atoms with Gasteiger partial charge in [0.05, 0.1) is 0 Å². The van der Waals surface area contributed by atoms with E-state index in [9.17, 15) is 4.79 Å². The first-order chi connectivity index (χ1) is 9.22. The molecule has 1 heterocycles. The summed E-state index contributed by atoms with van der Waals surface area (Å²) in [4.78, 5) is 12.1. The van der Waals surface area contributed by atoms with Gasteiger partial charge in [0.25, 0.3) is 5.91 Å². The number of hydrogen-bond acceptors (Lipinski definition) is 3. The predicted molar refractivity (Wildman–Crippen MR) is 73.3 cm³/mol. The first-order valence-electron chi connectivity index (χ1n) is 5.60. The van der Waals surface area contributed by atoms with Crippen LogP contribution in [0.1, 0.15) is 10.4 Å². The van der Waals surface area contributed by atoms with Gasteiger partial charge in [-0.15, -0.1) is 0 Å². The number of anilines is 1. The van der Waals surface area contributed by atoms with Gasteiger partial charge in [0, 0.05) is 16.3 Å². The van der Waals surface area contributed by atoms with E-state index in [-0.39, 0.29) is 5.91 Å². The number of carbonyl (C=O) groups excluding carboxylic acids is 1. The van der Waals surface area contributed by atoms with Gasteiger partial charge < -0.3 is 5.32 Å². The number of rotatable bonds is 2. The van der Waals surface area contributed by atoms with Crippen LogP contribution >= 0.6 is 11.6 Å². The van der Waals surface area contributed by atoms with E-state index >= 15 is 0 Å². The number of aromatic amines is 1. The highest BCUT2D eigenvalue weighted by atomic mass is 35.5. The molecule has 0 spiro atoms. The lowest BCUT2D eigenvalue weighted by Crippen LogP contribution is -2.11. The van der Waals surface area contributed by atoms with Crippen molar-refractivity contribution in [2.24, 2.45) is 0 Å². The van der Waals surface area contributed by atoms with Crippen LogP contribution in [0.2, 0.25) is 5.02 Å². The number of nitrogens with zero attached hydrogens (tertiary/aromatic N) is 2. The zero-order chi connectivity index (χ0) is 13.2.